The first kappa shape index (κ1) is 21.2. The summed E-state index contributed by atoms with van der Waals surface area (Å²) in [5, 5.41) is 1.65. The first-order valence-corrected chi connectivity index (χ1v) is 10.8. The minimum atomic E-state index is 0.0935. The average Bonchev–Trinajstić information content (AvgIpc) is 2.80. The van der Waals surface area contributed by atoms with Gasteiger partial charge in [-0.3, -0.25) is 4.79 Å². The second-order valence-corrected chi connectivity index (χ2v) is 7.96. The van der Waals surface area contributed by atoms with Crippen LogP contribution in [0.15, 0.2) is 48.5 Å². The van der Waals surface area contributed by atoms with Gasteiger partial charge in [-0.15, -0.1) is 0 Å². The number of ether oxygens (including phenoxy) is 2. The molecule has 3 aromatic rings. The maximum absolute atomic E-state index is 12.6. The second-order valence-electron chi connectivity index (χ2n) is 7.55. The highest BCUT2D eigenvalue weighted by atomic mass is 35.5. The van der Waals surface area contributed by atoms with E-state index in [2.05, 4.69) is 24.0 Å². The van der Waals surface area contributed by atoms with Crippen molar-refractivity contribution >= 4 is 34.2 Å². The molecule has 0 N–H and O–H groups in total. The fourth-order valence-electron chi connectivity index (χ4n) is 3.85. The molecule has 2 aromatic carbocycles. The van der Waals surface area contributed by atoms with E-state index < -0.39 is 0 Å². The molecule has 1 aliphatic heterocycles. The van der Waals surface area contributed by atoms with Crippen LogP contribution >= 0.6 is 11.6 Å². The van der Waals surface area contributed by atoms with Crippen LogP contribution in [0.25, 0.3) is 10.9 Å². The third-order valence-corrected chi connectivity index (χ3v) is 5.89. The molecule has 1 aliphatic rings. The lowest BCUT2D eigenvalue weighted by atomic mass is 10.1. The average molecular weight is 440 g/mol. The van der Waals surface area contributed by atoms with Crippen LogP contribution in [0.5, 0.6) is 11.5 Å². The maximum Gasteiger partial charge on any atom is 0.226 e. The second kappa shape index (κ2) is 9.43. The number of pyridine rings is 1. The number of hydrogen-bond donors (Lipinski definition) is 0. The van der Waals surface area contributed by atoms with Gasteiger partial charge in [0.2, 0.25) is 5.91 Å². The third kappa shape index (κ3) is 4.69. The van der Waals surface area contributed by atoms with Crippen LogP contribution in [0, 0.1) is 6.92 Å². The lowest BCUT2D eigenvalue weighted by Gasteiger charge is -2.35. The zero-order chi connectivity index (χ0) is 21.8. The van der Waals surface area contributed by atoms with Crippen molar-refractivity contribution in [3.8, 4) is 11.5 Å². The number of carbonyl (C=O) groups is 1. The SMILES string of the molecule is COc1cccc2c(C)cc(N3CCN(C(=O)CCOc4ccccc4Cl)CC3)nc12. The Labute approximate surface area is 187 Å². The Morgan fingerprint density at radius 2 is 1.81 bits per heavy atom. The highest BCUT2D eigenvalue weighted by molar-refractivity contribution is 6.32. The fraction of sp³-hybridized carbons (Fsp3) is 0.333. The smallest absolute Gasteiger partial charge is 0.226 e. The van der Waals surface area contributed by atoms with Gasteiger partial charge in [0.25, 0.3) is 0 Å². The molecule has 1 saturated heterocycles. The van der Waals surface area contributed by atoms with Crippen molar-refractivity contribution in [2.45, 2.75) is 13.3 Å². The van der Waals surface area contributed by atoms with Crippen molar-refractivity contribution in [1.29, 1.82) is 0 Å². The summed E-state index contributed by atoms with van der Waals surface area (Å²) in [4.78, 5) is 21.6. The van der Waals surface area contributed by atoms with Crippen LogP contribution in [0.1, 0.15) is 12.0 Å². The number of amides is 1. The lowest BCUT2D eigenvalue weighted by Crippen LogP contribution is -2.49. The normalized spacial score (nSPS) is 14.0. The van der Waals surface area contributed by atoms with E-state index in [0.717, 1.165) is 41.1 Å². The lowest BCUT2D eigenvalue weighted by molar-refractivity contribution is -0.132. The van der Waals surface area contributed by atoms with Crippen LogP contribution in [0.3, 0.4) is 0 Å². The van der Waals surface area contributed by atoms with E-state index in [-0.39, 0.29) is 5.91 Å². The first-order valence-electron chi connectivity index (χ1n) is 10.4. The number of benzene rings is 2. The zero-order valence-corrected chi connectivity index (χ0v) is 18.6. The summed E-state index contributed by atoms with van der Waals surface area (Å²) in [6, 6.07) is 15.4. The molecule has 0 saturated carbocycles. The van der Waals surface area contributed by atoms with Gasteiger partial charge in [-0.05, 0) is 36.8 Å². The number of halogens is 1. The predicted octanol–water partition coefficient (Wildman–Crippen LogP) is 4.32. The van der Waals surface area contributed by atoms with Crippen LogP contribution in [-0.4, -0.2) is 55.7 Å². The molecule has 162 valence electrons. The minimum Gasteiger partial charge on any atom is -0.494 e. The number of hydrogen-bond acceptors (Lipinski definition) is 5. The molecule has 0 unspecified atom stereocenters. The van der Waals surface area contributed by atoms with Gasteiger partial charge in [-0.1, -0.05) is 35.9 Å². The van der Waals surface area contributed by atoms with E-state index in [4.69, 9.17) is 26.1 Å². The summed E-state index contributed by atoms with van der Waals surface area (Å²) in [6.45, 7) is 5.21. The molecule has 0 bridgehead atoms. The largest absolute Gasteiger partial charge is 0.494 e. The number of carbonyl (C=O) groups excluding carboxylic acids is 1. The maximum atomic E-state index is 12.6. The van der Waals surface area contributed by atoms with Crippen molar-refractivity contribution < 1.29 is 14.3 Å². The van der Waals surface area contributed by atoms with Gasteiger partial charge in [0, 0.05) is 31.6 Å². The van der Waals surface area contributed by atoms with Crippen molar-refractivity contribution in [1.82, 2.24) is 9.88 Å². The Morgan fingerprint density at radius 3 is 2.55 bits per heavy atom. The number of para-hydroxylation sites is 2. The molecular weight excluding hydrogens is 414 g/mol. The van der Waals surface area contributed by atoms with E-state index in [1.54, 1.807) is 19.2 Å². The highest BCUT2D eigenvalue weighted by Crippen LogP contribution is 2.29. The number of rotatable bonds is 6. The Bertz CT molecular complexity index is 1080. The molecule has 0 spiro atoms. The van der Waals surface area contributed by atoms with Crippen molar-refractivity contribution in [2.75, 3.05) is 44.8 Å². The van der Waals surface area contributed by atoms with E-state index in [1.807, 2.05) is 29.2 Å². The van der Waals surface area contributed by atoms with Gasteiger partial charge < -0.3 is 19.3 Å². The number of aryl methyl sites for hydroxylation is 1. The highest BCUT2D eigenvalue weighted by Gasteiger charge is 2.22. The van der Waals surface area contributed by atoms with Crippen LogP contribution < -0.4 is 14.4 Å². The standard InChI is InChI=1S/C24H26ClN3O3/c1-17-16-22(26-24-18(17)6-5-9-21(24)30-2)27-11-13-28(14-12-27)23(29)10-15-31-20-8-4-3-7-19(20)25/h3-9,16H,10-15H2,1-2H3. The van der Waals surface area contributed by atoms with E-state index >= 15 is 0 Å². The molecule has 1 amide bonds. The summed E-state index contributed by atoms with van der Waals surface area (Å²) in [7, 11) is 1.66. The molecule has 1 aromatic heterocycles. The van der Waals surface area contributed by atoms with Gasteiger partial charge in [-0.2, -0.15) is 0 Å². The molecule has 0 aliphatic carbocycles. The third-order valence-electron chi connectivity index (χ3n) is 5.58. The van der Waals surface area contributed by atoms with Crippen LogP contribution in [0.4, 0.5) is 5.82 Å². The Balaban J connectivity index is 1.35. The number of anilines is 1. The number of aromatic nitrogens is 1. The molecular formula is C24H26ClN3O3. The Kier molecular flexibility index (Phi) is 6.47. The van der Waals surface area contributed by atoms with Crippen LogP contribution in [0.2, 0.25) is 5.02 Å². The van der Waals surface area contributed by atoms with Crippen LogP contribution in [-0.2, 0) is 4.79 Å². The molecule has 6 nitrogen and oxygen atoms in total. The number of fused-ring (bicyclic) bond motifs is 1. The van der Waals surface area contributed by atoms with Crippen molar-refractivity contribution in [3.05, 3.63) is 59.1 Å². The Morgan fingerprint density at radius 1 is 1.06 bits per heavy atom. The van der Waals surface area contributed by atoms with E-state index in [0.29, 0.717) is 36.9 Å². The first-order chi connectivity index (χ1) is 15.1. The summed E-state index contributed by atoms with van der Waals surface area (Å²) in [5.41, 5.74) is 2.03. The van der Waals surface area contributed by atoms with Crippen molar-refractivity contribution in [2.24, 2.45) is 0 Å². The Hall–Kier alpha value is -2.99. The molecule has 1 fully saturated rings. The van der Waals surface area contributed by atoms with Gasteiger partial charge >= 0.3 is 0 Å². The van der Waals surface area contributed by atoms with E-state index in [9.17, 15) is 4.79 Å². The predicted molar refractivity (Wildman–Crippen MR) is 123 cm³/mol. The molecule has 0 atom stereocenters. The van der Waals surface area contributed by atoms with E-state index in [1.165, 1.54) is 0 Å². The number of piperazine rings is 1. The quantitative estimate of drug-likeness (QED) is 0.572. The monoisotopic (exact) mass is 439 g/mol. The summed E-state index contributed by atoms with van der Waals surface area (Å²) < 4.78 is 11.1. The summed E-state index contributed by atoms with van der Waals surface area (Å²) >= 11 is 6.09. The van der Waals surface area contributed by atoms with Gasteiger partial charge in [0.1, 0.15) is 22.8 Å². The topological polar surface area (TPSA) is 54.9 Å². The minimum absolute atomic E-state index is 0.0935. The molecule has 4 rings (SSSR count). The van der Waals surface area contributed by atoms with Gasteiger partial charge in [0.05, 0.1) is 25.2 Å². The molecule has 31 heavy (non-hydrogen) atoms. The van der Waals surface area contributed by atoms with Gasteiger partial charge in [-0.25, -0.2) is 4.98 Å². The number of methoxy groups -OCH3 is 1. The van der Waals surface area contributed by atoms with Gasteiger partial charge in [0.15, 0.2) is 0 Å². The summed E-state index contributed by atoms with van der Waals surface area (Å²) in [6.07, 6.45) is 0.329. The molecule has 0 radical (unpaired) electrons. The molecule has 2 heterocycles. The molecule has 7 heteroatoms. The number of nitrogens with zero attached hydrogens (tertiary/aromatic N) is 3. The fourth-order valence-corrected chi connectivity index (χ4v) is 4.04. The zero-order valence-electron chi connectivity index (χ0n) is 17.8. The summed E-state index contributed by atoms with van der Waals surface area (Å²) in [5.74, 6) is 2.39. The van der Waals surface area contributed by atoms with Crippen molar-refractivity contribution in [3.63, 3.8) is 0 Å².